The first kappa shape index (κ1) is 18.9. The number of hydrogen-bond donors (Lipinski definition) is 2. The highest BCUT2D eigenvalue weighted by molar-refractivity contribution is 5.89. The lowest BCUT2D eigenvalue weighted by molar-refractivity contribution is -0.150. The lowest BCUT2D eigenvalue weighted by atomic mass is 10.0. The first-order valence-corrected chi connectivity index (χ1v) is 6.37. The van der Waals surface area contributed by atoms with Gasteiger partial charge in [-0.05, 0) is 24.6 Å². The molecule has 5 nitrogen and oxygen atoms in total. The van der Waals surface area contributed by atoms with Crippen molar-refractivity contribution in [3.05, 3.63) is 35.4 Å². The molecule has 1 aromatic carbocycles. The van der Waals surface area contributed by atoms with Crippen LogP contribution in [0.1, 0.15) is 24.2 Å². The van der Waals surface area contributed by atoms with E-state index in [9.17, 15) is 27.2 Å². The summed E-state index contributed by atoms with van der Waals surface area (Å²) in [6.45, 7) is 0.712. The molecule has 1 rings (SSSR count). The van der Waals surface area contributed by atoms with E-state index in [0.29, 0.717) is 12.1 Å². The number of hydrogen-bond acceptors (Lipinski definition) is 3. The number of ether oxygens (including phenoxy) is 1. The summed E-state index contributed by atoms with van der Waals surface area (Å²) in [4.78, 5) is 22.9. The van der Waals surface area contributed by atoms with Crippen molar-refractivity contribution in [3.63, 3.8) is 0 Å². The topological polar surface area (TPSA) is 75.6 Å². The Morgan fingerprint density at radius 3 is 2.17 bits per heavy atom. The van der Waals surface area contributed by atoms with Gasteiger partial charge >= 0.3 is 12.1 Å². The first-order valence-electron chi connectivity index (χ1n) is 6.37. The van der Waals surface area contributed by atoms with Crippen molar-refractivity contribution >= 4 is 11.9 Å². The standard InChI is InChI=1S/C14H15F4NO4/c1-13(7-23-2,12(21)22)19-11(20)10(15)8-3-5-9(6-4-8)14(16,17)18/h3-6,10H,7H2,1-2H3,(H,19,20)(H,21,22). The van der Waals surface area contributed by atoms with Gasteiger partial charge in [0, 0.05) is 7.11 Å². The smallest absolute Gasteiger partial charge is 0.416 e. The molecular weight excluding hydrogens is 322 g/mol. The zero-order chi connectivity index (χ0) is 17.8. The number of carbonyl (C=O) groups excluding carboxylic acids is 1. The molecule has 1 amide bonds. The average molecular weight is 337 g/mol. The van der Waals surface area contributed by atoms with Gasteiger partial charge in [-0.15, -0.1) is 0 Å². The molecule has 0 saturated carbocycles. The molecule has 0 saturated heterocycles. The summed E-state index contributed by atoms with van der Waals surface area (Å²) < 4.78 is 56.0. The number of amides is 1. The summed E-state index contributed by atoms with van der Waals surface area (Å²) in [5.41, 5.74) is -3.16. The summed E-state index contributed by atoms with van der Waals surface area (Å²) >= 11 is 0. The predicted molar refractivity (Wildman–Crippen MR) is 71.4 cm³/mol. The van der Waals surface area contributed by atoms with Crippen LogP contribution in [0.25, 0.3) is 0 Å². The van der Waals surface area contributed by atoms with Gasteiger partial charge in [0.2, 0.25) is 6.17 Å². The van der Waals surface area contributed by atoms with Crippen LogP contribution in [0.4, 0.5) is 17.6 Å². The maximum atomic E-state index is 14.1. The zero-order valence-corrected chi connectivity index (χ0v) is 12.3. The molecule has 23 heavy (non-hydrogen) atoms. The van der Waals surface area contributed by atoms with Gasteiger partial charge in [-0.3, -0.25) is 4.79 Å². The summed E-state index contributed by atoms with van der Waals surface area (Å²) in [6, 6.07) is 2.92. The molecule has 2 unspecified atom stereocenters. The minimum atomic E-state index is -4.58. The Labute approximate surface area is 129 Å². The molecule has 128 valence electrons. The van der Waals surface area contributed by atoms with Crippen molar-refractivity contribution in [2.75, 3.05) is 13.7 Å². The number of alkyl halides is 4. The number of aliphatic carboxylic acids is 1. The van der Waals surface area contributed by atoms with Gasteiger partial charge in [-0.2, -0.15) is 13.2 Å². The number of carboxylic acid groups (broad SMARTS) is 1. The third-order valence-electron chi connectivity index (χ3n) is 3.06. The van der Waals surface area contributed by atoms with Gasteiger partial charge in [-0.1, -0.05) is 12.1 Å². The van der Waals surface area contributed by atoms with Crippen LogP contribution in [-0.4, -0.2) is 36.2 Å². The van der Waals surface area contributed by atoms with Crippen molar-refractivity contribution < 1.29 is 37.0 Å². The normalized spacial score (nSPS) is 15.6. The molecule has 0 fully saturated rings. The van der Waals surface area contributed by atoms with Crippen molar-refractivity contribution in [2.45, 2.75) is 24.8 Å². The zero-order valence-electron chi connectivity index (χ0n) is 12.3. The molecule has 2 N–H and O–H groups in total. The van der Waals surface area contributed by atoms with E-state index in [-0.39, 0.29) is 5.56 Å². The van der Waals surface area contributed by atoms with Gasteiger partial charge < -0.3 is 15.2 Å². The molecule has 9 heteroatoms. The molecule has 0 aliphatic rings. The van der Waals surface area contributed by atoms with Crippen LogP contribution >= 0.6 is 0 Å². The summed E-state index contributed by atoms with van der Waals surface area (Å²) in [6.07, 6.45) is -6.89. The molecule has 0 aliphatic carbocycles. The minimum absolute atomic E-state index is 0.319. The number of halogens is 4. The molecule has 0 aliphatic heterocycles. The Kier molecular flexibility index (Phi) is 5.70. The molecule has 0 bridgehead atoms. The largest absolute Gasteiger partial charge is 0.479 e. The number of carboxylic acids is 1. The second kappa shape index (κ2) is 6.95. The Morgan fingerprint density at radius 2 is 1.78 bits per heavy atom. The molecule has 0 aromatic heterocycles. The monoisotopic (exact) mass is 337 g/mol. The van der Waals surface area contributed by atoms with Crippen LogP contribution in [0.2, 0.25) is 0 Å². The van der Waals surface area contributed by atoms with E-state index < -0.39 is 41.9 Å². The lowest BCUT2D eigenvalue weighted by Gasteiger charge is -2.26. The maximum Gasteiger partial charge on any atom is 0.416 e. The minimum Gasteiger partial charge on any atom is -0.479 e. The number of benzene rings is 1. The second-order valence-corrected chi connectivity index (χ2v) is 5.04. The Bertz CT molecular complexity index is 573. The molecule has 0 heterocycles. The number of methoxy groups -OCH3 is 1. The third kappa shape index (κ3) is 4.65. The molecular formula is C14H15F4NO4. The van der Waals surface area contributed by atoms with Crippen LogP contribution in [0.3, 0.4) is 0 Å². The molecule has 0 radical (unpaired) electrons. The molecule has 2 atom stereocenters. The van der Waals surface area contributed by atoms with Gasteiger partial charge in [0.15, 0.2) is 5.54 Å². The van der Waals surface area contributed by atoms with E-state index in [1.165, 1.54) is 7.11 Å². The van der Waals surface area contributed by atoms with Gasteiger partial charge in [0.25, 0.3) is 5.91 Å². The summed E-state index contributed by atoms with van der Waals surface area (Å²) in [5, 5.41) is 11.0. The van der Waals surface area contributed by atoms with E-state index in [2.05, 4.69) is 4.74 Å². The highest BCUT2D eigenvalue weighted by Gasteiger charge is 2.37. The fraction of sp³-hybridized carbons (Fsp3) is 0.429. The predicted octanol–water partition coefficient (Wildman–Crippen LogP) is 2.32. The van der Waals surface area contributed by atoms with Gasteiger partial charge in [0.1, 0.15) is 0 Å². The van der Waals surface area contributed by atoms with Gasteiger partial charge in [0.05, 0.1) is 12.2 Å². The lowest BCUT2D eigenvalue weighted by Crippen LogP contribution is -2.56. The van der Waals surface area contributed by atoms with Crippen LogP contribution in [0.5, 0.6) is 0 Å². The van der Waals surface area contributed by atoms with Crippen molar-refractivity contribution in [3.8, 4) is 0 Å². The Morgan fingerprint density at radius 1 is 1.26 bits per heavy atom. The third-order valence-corrected chi connectivity index (χ3v) is 3.06. The fourth-order valence-electron chi connectivity index (χ4n) is 1.77. The maximum absolute atomic E-state index is 14.1. The van der Waals surface area contributed by atoms with Crippen molar-refractivity contribution in [1.29, 1.82) is 0 Å². The number of nitrogens with one attached hydrogen (secondary N) is 1. The van der Waals surface area contributed by atoms with E-state index in [4.69, 9.17) is 5.11 Å². The summed E-state index contributed by atoms with van der Waals surface area (Å²) in [7, 11) is 1.20. The van der Waals surface area contributed by atoms with E-state index >= 15 is 0 Å². The number of carbonyl (C=O) groups is 2. The second-order valence-electron chi connectivity index (χ2n) is 5.04. The first-order chi connectivity index (χ1) is 10.5. The quantitative estimate of drug-likeness (QED) is 0.781. The van der Waals surface area contributed by atoms with Crippen molar-refractivity contribution in [1.82, 2.24) is 5.32 Å². The number of rotatable bonds is 6. The van der Waals surface area contributed by atoms with Crippen LogP contribution < -0.4 is 5.32 Å². The van der Waals surface area contributed by atoms with Crippen LogP contribution in [-0.2, 0) is 20.5 Å². The molecule has 0 spiro atoms. The van der Waals surface area contributed by atoms with Gasteiger partial charge in [-0.25, -0.2) is 9.18 Å². The Balaban J connectivity index is 2.90. The summed E-state index contributed by atoms with van der Waals surface area (Å²) in [5.74, 6) is -2.72. The van der Waals surface area contributed by atoms with Crippen LogP contribution in [0.15, 0.2) is 24.3 Å². The van der Waals surface area contributed by atoms with E-state index in [1.54, 1.807) is 0 Å². The van der Waals surface area contributed by atoms with Crippen molar-refractivity contribution in [2.24, 2.45) is 0 Å². The van der Waals surface area contributed by atoms with E-state index in [0.717, 1.165) is 19.1 Å². The SMILES string of the molecule is COCC(C)(NC(=O)C(F)c1ccc(C(F)(F)F)cc1)C(=O)O. The fourth-order valence-corrected chi connectivity index (χ4v) is 1.77. The highest BCUT2D eigenvalue weighted by atomic mass is 19.4. The molecule has 1 aromatic rings. The van der Waals surface area contributed by atoms with E-state index in [1.807, 2.05) is 5.32 Å². The average Bonchev–Trinajstić information content (AvgIpc) is 2.45. The Hall–Kier alpha value is -2.16. The highest BCUT2D eigenvalue weighted by Crippen LogP contribution is 2.30. The van der Waals surface area contributed by atoms with Crippen LogP contribution in [0, 0.1) is 0 Å².